The summed E-state index contributed by atoms with van der Waals surface area (Å²) in [5.74, 6) is -2.57. The lowest BCUT2D eigenvalue weighted by Gasteiger charge is -2.49. The number of carbonyl (C=O) groups is 4. The fourth-order valence-electron chi connectivity index (χ4n) is 5.16. The Bertz CT molecular complexity index is 1900. The Kier molecular flexibility index (Phi) is 11.0. The van der Waals surface area contributed by atoms with Gasteiger partial charge in [-0.25, -0.2) is 14.6 Å². The molecular weight excluding hydrogens is 705 g/mol. The molecule has 2 atom stereocenters. The highest BCUT2D eigenvalue weighted by Gasteiger charge is 2.56. The van der Waals surface area contributed by atoms with Crippen molar-refractivity contribution in [1.82, 2.24) is 15.2 Å². The minimum atomic E-state index is -4.09. The highest BCUT2D eigenvalue weighted by atomic mass is 32.2. The Balaban J connectivity index is 1.37. The standard InChI is InChI=1S/C34H36N4O9S3/c1-6-13-22(23-18-49-32(35-23)37-33(42)46-34(2,3)4)28(39)36-25-29(40)38-26(24(19-48-30(25)38)47-50(5,43)44)31(41)45-27(20-14-9-7-10-15-20)21-16-11-8-12-17-21/h7-18,25,27,30H,6,19H2,1-5H3,(H,36,39)(H,35,37,42)/b22-13-/t25-,30+/m1/s1. The maximum absolute atomic E-state index is 13.9. The number of hydrogen-bond donors (Lipinski definition) is 2. The van der Waals surface area contributed by atoms with Crippen molar-refractivity contribution >= 4 is 67.8 Å². The van der Waals surface area contributed by atoms with Gasteiger partial charge in [0.2, 0.25) is 0 Å². The van der Waals surface area contributed by atoms with Crippen molar-refractivity contribution in [2.75, 3.05) is 17.3 Å². The molecule has 264 valence electrons. The van der Waals surface area contributed by atoms with Gasteiger partial charge < -0.3 is 19.0 Å². The number of anilines is 1. The SMILES string of the molecule is CC/C=C(\C(=O)N[C@@H]1C(=O)N2C(C(=O)OC(c3ccccc3)c3ccccc3)=C(OS(C)(=O)=O)CS[C@@H]12)c1csc(NC(=O)OC(C)(C)C)n1. The number of β-lactam (4-membered cyclic amide) rings is 1. The van der Waals surface area contributed by atoms with Gasteiger partial charge in [0.1, 0.15) is 17.0 Å². The monoisotopic (exact) mass is 740 g/mol. The number of carbonyl (C=O) groups excluding carboxylic acids is 4. The van der Waals surface area contributed by atoms with Crippen LogP contribution in [0.15, 0.2) is 83.6 Å². The van der Waals surface area contributed by atoms with Crippen LogP contribution in [0.4, 0.5) is 9.93 Å². The third-order valence-electron chi connectivity index (χ3n) is 7.14. The Morgan fingerprint density at radius 3 is 2.24 bits per heavy atom. The molecule has 1 fully saturated rings. The Hall–Kier alpha value is -4.67. The molecule has 2 aliphatic heterocycles. The van der Waals surface area contributed by atoms with Gasteiger partial charge in [-0.15, -0.1) is 23.1 Å². The summed E-state index contributed by atoms with van der Waals surface area (Å²) in [4.78, 5) is 58.9. The summed E-state index contributed by atoms with van der Waals surface area (Å²) < 4.78 is 40.9. The van der Waals surface area contributed by atoms with Gasteiger partial charge in [-0.05, 0) is 38.3 Å². The number of nitrogens with zero attached hydrogens (tertiary/aromatic N) is 2. The number of hydrogen-bond acceptors (Lipinski definition) is 12. The molecule has 50 heavy (non-hydrogen) atoms. The summed E-state index contributed by atoms with van der Waals surface area (Å²) in [6.07, 6.45) is 1.37. The number of thioether (sulfide) groups is 1. The number of rotatable bonds is 11. The molecule has 3 amide bonds. The van der Waals surface area contributed by atoms with E-state index in [1.807, 2.05) is 19.1 Å². The summed E-state index contributed by atoms with van der Waals surface area (Å²) in [6.45, 7) is 7.02. The van der Waals surface area contributed by atoms with Crippen LogP contribution in [0.25, 0.3) is 5.57 Å². The second kappa shape index (κ2) is 15.1. The van der Waals surface area contributed by atoms with Gasteiger partial charge in [-0.2, -0.15) is 8.42 Å². The van der Waals surface area contributed by atoms with Gasteiger partial charge in [0, 0.05) is 5.38 Å². The molecule has 3 heterocycles. The first-order valence-corrected chi connectivity index (χ1v) is 19.2. The van der Waals surface area contributed by atoms with Gasteiger partial charge in [-0.3, -0.25) is 19.8 Å². The number of ether oxygens (including phenoxy) is 2. The van der Waals surface area contributed by atoms with Crippen molar-refractivity contribution in [3.63, 3.8) is 0 Å². The largest absolute Gasteiger partial charge is 0.448 e. The predicted molar refractivity (Wildman–Crippen MR) is 189 cm³/mol. The van der Waals surface area contributed by atoms with Gasteiger partial charge >= 0.3 is 22.2 Å². The van der Waals surface area contributed by atoms with Crippen LogP contribution in [0.2, 0.25) is 0 Å². The lowest BCUT2D eigenvalue weighted by atomic mass is 10.0. The Morgan fingerprint density at radius 2 is 1.68 bits per heavy atom. The zero-order valence-electron chi connectivity index (χ0n) is 27.9. The molecule has 2 aliphatic rings. The summed E-state index contributed by atoms with van der Waals surface area (Å²) in [7, 11) is -4.09. The highest BCUT2D eigenvalue weighted by Crippen LogP contribution is 2.42. The molecule has 0 unspecified atom stereocenters. The molecule has 0 radical (unpaired) electrons. The minimum absolute atomic E-state index is 0.0941. The van der Waals surface area contributed by atoms with Crippen molar-refractivity contribution in [2.45, 2.75) is 57.2 Å². The first-order valence-electron chi connectivity index (χ1n) is 15.5. The number of aromatic nitrogens is 1. The van der Waals surface area contributed by atoms with E-state index >= 15 is 0 Å². The smallest absolute Gasteiger partial charge is 0.413 e. The first-order chi connectivity index (χ1) is 23.6. The molecule has 0 aliphatic carbocycles. The summed E-state index contributed by atoms with van der Waals surface area (Å²) >= 11 is 2.22. The fraction of sp³-hybridized carbons (Fsp3) is 0.324. The van der Waals surface area contributed by atoms with Crippen molar-refractivity contribution in [2.24, 2.45) is 0 Å². The van der Waals surface area contributed by atoms with E-state index in [1.54, 1.807) is 80.8 Å². The molecule has 2 N–H and O–H groups in total. The van der Waals surface area contributed by atoms with E-state index in [0.717, 1.165) is 34.3 Å². The van der Waals surface area contributed by atoms with Gasteiger partial charge in [0.15, 0.2) is 22.7 Å². The van der Waals surface area contributed by atoms with E-state index in [1.165, 1.54) is 0 Å². The Labute approximate surface area is 298 Å². The van der Waals surface area contributed by atoms with Gasteiger partial charge in [0.25, 0.3) is 11.8 Å². The molecule has 2 aromatic carbocycles. The molecule has 0 spiro atoms. The minimum Gasteiger partial charge on any atom is -0.448 e. The number of allylic oxidation sites excluding steroid dienone is 1. The van der Waals surface area contributed by atoms with Gasteiger partial charge in [-0.1, -0.05) is 73.7 Å². The van der Waals surface area contributed by atoms with Crippen LogP contribution in [-0.2, 0) is 38.2 Å². The zero-order chi connectivity index (χ0) is 36.2. The molecule has 3 aromatic rings. The third-order valence-corrected chi connectivity index (χ3v) is 9.65. The normalized spacial score (nSPS) is 17.8. The summed E-state index contributed by atoms with van der Waals surface area (Å²) in [6, 6.07) is 16.9. The first kappa shape index (κ1) is 36.6. The van der Waals surface area contributed by atoms with Crippen molar-refractivity contribution in [3.8, 4) is 0 Å². The van der Waals surface area contributed by atoms with Gasteiger partial charge in [0.05, 0.1) is 23.3 Å². The average Bonchev–Trinajstić information content (AvgIpc) is 3.51. The number of benzene rings is 2. The summed E-state index contributed by atoms with van der Waals surface area (Å²) in [5.41, 5.74) is 0.697. The maximum Gasteiger partial charge on any atom is 0.413 e. The second-order valence-electron chi connectivity index (χ2n) is 12.2. The molecule has 1 aromatic heterocycles. The predicted octanol–water partition coefficient (Wildman–Crippen LogP) is 5.20. The van der Waals surface area contributed by atoms with Crippen molar-refractivity contribution in [3.05, 3.63) is 100 Å². The van der Waals surface area contributed by atoms with Crippen molar-refractivity contribution in [1.29, 1.82) is 0 Å². The van der Waals surface area contributed by atoms with Crippen molar-refractivity contribution < 1.29 is 41.3 Å². The lowest BCUT2D eigenvalue weighted by Crippen LogP contribution is -2.70. The van der Waals surface area contributed by atoms with E-state index in [4.69, 9.17) is 13.7 Å². The molecule has 0 bridgehead atoms. The van der Waals surface area contributed by atoms with E-state index < -0.39 is 57.1 Å². The van der Waals surface area contributed by atoms with Crippen LogP contribution in [0.5, 0.6) is 0 Å². The van der Waals surface area contributed by atoms with Crippen LogP contribution in [0.3, 0.4) is 0 Å². The van der Waals surface area contributed by atoms with E-state index in [2.05, 4.69) is 15.6 Å². The number of amides is 3. The topological polar surface area (TPSA) is 170 Å². The maximum atomic E-state index is 13.9. The number of fused-ring (bicyclic) bond motifs is 1. The highest BCUT2D eigenvalue weighted by molar-refractivity contribution is 8.00. The van der Waals surface area contributed by atoms with Crippen LogP contribution >= 0.6 is 23.1 Å². The third kappa shape index (κ3) is 8.73. The van der Waals surface area contributed by atoms with E-state index in [-0.39, 0.29) is 33.6 Å². The van der Waals surface area contributed by atoms with Crippen LogP contribution < -0.4 is 10.6 Å². The molecule has 13 nitrogen and oxygen atoms in total. The van der Waals surface area contributed by atoms with Crippen LogP contribution in [-0.4, -0.2) is 71.2 Å². The number of esters is 1. The molecule has 0 saturated carbocycles. The molecular formula is C34H36N4O9S3. The second-order valence-corrected chi connectivity index (χ2v) is 15.8. The summed E-state index contributed by atoms with van der Waals surface area (Å²) in [5, 5.41) is 6.34. The zero-order valence-corrected chi connectivity index (χ0v) is 30.3. The molecule has 16 heteroatoms. The van der Waals surface area contributed by atoms with Crippen LogP contribution in [0, 0.1) is 0 Å². The quantitative estimate of drug-likeness (QED) is 0.115. The van der Waals surface area contributed by atoms with E-state index in [0.29, 0.717) is 17.5 Å². The fourth-order valence-corrected chi connectivity index (χ4v) is 7.68. The number of thiazole rings is 1. The molecule has 5 rings (SSSR count). The average molecular weight is 741 g/mol. The molecule has 1 saturated heterocycles. The van der Waals surface area contributed by atoms with Crippen LogP contribution in [0.1, 0.15) is 57.0 Å². The lowest BCUT2D eigenvalue weighted by molar-refractivity contribution is -0.154. The van der Waals surface area contributed by atoms with E-state index in [9.17, 15) is 27.6 Å². The number of nitrogens with one attached hydrogen (secondary N) is 2. The Morgan fingerprint density at radius 1 is 1.06 bits per heavy atom.